The van der Waals surface area contributed by atoms with Crippen molar-refractivity contribution >= 4 is 45.2 Å². The maximum Gasteiger partial charge on any atom is 0.350 e. The average Bonchev–Trinajstić information content (AvgIpc) is 2.95. The maximum atomic E-state index is 11.9. The fourth-order valence-corrected chi connectivity index (χ4v) is 3.61. The molecule has 1 aromatic rings. The number of carbonyl (C=O) groups excluding carboxylic acids is 3. The molecule has 108 valence electrons. The smallest absolute Gasteiger partial charge is 0.350 e. The van der Waals surface area contributed by atoms with Gasteiger partial charge in [-0.25, -0.2) is 9.78 Å². The number of amides is 1. The molecule has 1 atom stereocenters. The van der Waals surface area contributed by atoms with Gasteiger partial charge in [-0.05, 0) is 6.92 Å². The molecule has 0 aromatic carbocycles. The first kappa shape index (κ1) is 15.0. The minimum absolute atomic E-state index is 0.00370. The number of carbonyl (C=O) groups is 3. The lowest BCUT2D eigenvalue weighted by Gasteiger charge is -2.11. The maximum absolute atomic E-state index is 11.9. The second-order valence-electron chi connectivity index (χ2n) is 4.17. The molecule has 0 saturated carbocycles. The molecule has 1 aliphatic heterocycles. The van der Waals surface area contributed by atoms with Gasteiger partial charge >= 0.3 is 5.97 Å². The molecule has 0 radical (unpaired) electrons. The highest BCUT2D eigenvalue weighted by atomic mass is 32.2. The van der Waals surface area contributed by atoms with Gasteiger partial charge in [-0.3, -0.25) is 14.5 Å². The lowest BCUT2D eigenvalue weighted by atomic mass is 10.4. The van der Waals surface area contributed by atoms with Gasteiger partial charge in [-0.15, -0.1) is 0 Å². The van der Waals surface area contributed by atoms with Crippen LogP contribution in [0.5, 0.6) is 0 Å². The molecule has 0 aliphatic carbocycles. The Hall–Kier alpha value is -1.41. The van der Waals surface area contributed by atoms with Crippen LogP contribution in [0.4, 0.5) is 5.13 Å². The number of ether oxygens (including phenoxy) is 1. The van der Waals surface area contributed by atoms with Gasteiger partial charge < -0.3 is 4.74 Å². The van der Waals surface area contributed by atoms with Crippen LogP contribution < -0.4 is 4.90 Å². The Labute approximate surface area is 124 Å². The first-order valence-corrected chi connectivity index (χ1v) is 7.81. The van der Waals surface area contributed by atoms with Crippen molar-refractivity contribution in [3.63, 3.8) is 0 Å². The summed E-state index contributed by atoms with van der Waals surface area (Å²) in [5, 5.41) is 0.427. The highest BCUT2D eigenvalue weighted by Crippen LogP contribution is 2.31. The van der Waals surface area contributed by atoms with E-state index in [0.717, 1.165) is 11.3 Å². The van der Waals surface area contributed by atoms with Crippen LogP contribution in [0.1, 0.15) is 29.9 Å². The minimum Gasteiger partial charge on any atom is -0.462 e. The Bertz CT molecular complexity index is 543. The SMILES string of the molecule is CCOC(=O)c1cnc(N2CC(SC(C)=O)CC2=O)s1. The number of rotatable bonds is 4. The molecular formula is C12H14N2O4S2. The van der Waals surface area contributed by atoms with E-state index in [9.17, 15) is 14.4 Å². The molecule has 1 saturated heterocycles. The number of nitrogens with zero attached hydrogens (tertiary/aromatic N) is 2. The topological polar surface area (TPSA) is 76.6 Å². The second-order valence-corrected chi connectivity index (χ2v) is 6.65. The van der Waals surface area contributed by atoms with E-state index < -0.39 is 5.97 Å². The Kier molecular flexibility index (Phi) is 4.77. The number of hydrogen-bond acceptors (Lipinski definition) is 7. The van der Waals surface area contributed by atoms with Crippen molar-refractivity contribution in [1.29, 1.82) is 0 Å². The van der Waals surface area contributed by atoms with E-state index in [1.165, 1.54) is 29.8 Å². The molecule has 1 unspecified atom stereocenters. The highest BCUT2D eigenvalue weighted by molar-refractivity contribution is 8.14. The van der Waals surface area contributed by atoms with Gasteiger partial charge in [0.05, 0.1) is 12.8 Å². The van der Waals surface area contributed by atoms with Crippen LogP contribution >= 0.6 is 23.1 Å². The average molecular weight is 314 g/mol. The number of anilines is 1. The van der Waals surface area contributed by atoms with Gasteiger partial charge in [0, 0.05) is 25.1 Å². The molecule has 0 bridgehead atoms. The fourth-order valence-electron chi connectivity index (χ4n) is 1.86. The monoisotopic (exact) mass is 314 g/mol. The minimum atomic E-state index is -0.433. The predicted molar refractivity (Wildman–Crippen MR) is 77.1 cm³/mol. The number of thiazole rings is 1. The van der Waals surface area contributed by atoms with Gasteiger partial charge in [0.15, 0.2) is 10.2 Å². The van der Waals surface area contributed by atoms with Crippen LogP contribution in [0.25, 0.3) is 0 Å². The lowest BCUT2D eigenvalue weighted by molar-refractivity contribution is -0.117. The summed E-state index contributed by atoms with van der Waals surface area (Å²) in [5.74, 6) is -0.508. The van der Waals surface area contributed by atoms with Crippen molar-refractivity contribution in [2.45, 2.75) is 25.5 Å². The third-order valence-electron chi connectivity index (χ3n) is 2.62. The van der Waals surface area contributed by atoms with Crippen LogP contribution in [-0.2, 0) is 14.3 Å². The third-order valence-corrected chi connectivity index (χ3v) is 4.60. The van der Waals surface area contributed by atoms with Crippen molar-refractivity contribution in [1.82, 2.24) is 4.98 Å². The Morgan fingerprint density at radius 2 is 2.35 bits per heavy atom. The number of hydrogen-bond donors (Lipinski definition) is 0. The van der Waals surface area contributed by atoms with Crippen LogP contribution in [0.2, 0.25) is 0 Å². The molecule has 20 heavy (non-hydrogen) atoms. The lowest BCUT2D eigenvalue weighted by Crippen LogP contribution is -2.24. The first-order valence-electron chi connectivity index (χ1n) is 6.11. The van der Waals surface area contributed by atoms with Crippen molar-refractivity contribution < 1.29 is 19.1 Å². The summed E-state index contributed by atoms with van der Waals surface area (Å²) in [6.45, 7) is 3.96. The molecule has 1 fully saturated rings. The number of esters is 1. The Morgan fingerprint density at radius 3 is 3.00 bits per heavy atom. The molecule has 2 rings (SSSR count). The van der Waals surface area contributed by atoms with E-state index in [1.807, 2.05) is 0 Å². The van der Waals surface area contributed by atoms with Crippen molar-refractivity contribution in [2.24, 2.45) is 0 Å². The zero-order valence-electron chi connectivity index (χ0n) is 11.1. The largest absolute Gasteiger partial charge is 0.462 e. The Balaban J connectivity index is 2.07. The van der Waals surface area contributed by atoms with Crippen molar-refractivity contribution in [3.05, 3.63) is 11.1 Å². The van der Waals surface area contributed by atoms with E-state index in [1.54, 1.807) is 6.92 Å². The van der Waals surface area contributed by atoms with Gasteiger partial charge in [0.25, 0.3) is 0 Å². The van der Waals surface area contributed by atoms with Crippen LogP contribution in [-0.4, -0.2) is 40.4 Å². The number of aromatic nitrogens is 1. The van der Waals surface area contributed by atoms with E-state index in [-0.39, 0.29) is 16.3 Å². The van der Waals surface area contributed by atoms with Gasteiger partial charge in [0.2, 0.25) is 5.91 Å². The van der Waals surface area contributed by atoms with Crippen LogP contribution in [0.3, 0.4) is 0 Å². The van der Waals surface area contributed by atoms with Crippen molar-refractivity contribution in [3.8, 4) is 0 Å². The van der Waals surface area contributed by atoms with Crippen LogP contribution in [0, 0.1) is 0 Å². The fraction of sp³-hybridized carbons (Fsp3) is 0.500. The van der Waals surface area contributed by atoms with Gasteiger partial charge in [-0.2, -0.15) is 0 Å². The standard InChI is InChI=1S/C12H14N2O4S2/c1-3-18-11(17)9-5-13-12(20-9)14-6-8(4-10(14)16)19-7(2)15/h5,8H,3-4,6H2,1-2H3. The van der Waals surface area contributed by atoms with Gasteiger partial charge in [0.1, 0.15) is 4.88 Å². The summed E-state index contributed by atoms with van der Waals surface area (Å²) in [6, 6.07) is 0. The second kappa shape index (κ2) is 6.36. The van der Waals surface area contributed by atoms with E-state index in [0.29, 0.717) is 29.6 Å². The third kappa shape index (κ3) is 3.37. The highest BCUT2D eigenvalue weighted by Gasteiger charge is 2.33. The van der Waals surface area contributed by atoms with Crippen molar-refractivity contribution in [2.75, 3.05) is 18.1 Å². The van der Waals surface area contributed by atoms with Crippen LogP contribution in [0.15, 0.2) is 6.20 Å². The summed E-state index contributed by atoms with van der Waals surface area (Å²) >= 11 is 2.30. The summed E-state index contributed by atoms with van der Waals surface area (Å²) in [7, 11) is 0. The quantitative estimate of drug-likeness (QED) is 0.787. The molecule has 8 heteroatoms. The summed E-state index contributed by atoms with van der Waals surface area (Å²) in [6.07, 6.45) is 1.73. The molecule has 0 N–H and O–H groups in total. The summed E-state index contributed by atoms with van der Waals surface area (Å²) in [5.41, 5.74) is 0. The summed E-state index contributed by atoms with van der Waals surface area (Å²) < 4.78 is 4.88. The first-order chi connectivity index (χ1) is 9.51. The molecule has 0 spiro atoms. The zero-order chi connectivity index (χ0) is 14.7. The summed E-state index contributed by atoms with van der Waals surface area (Å²) in [4.78, 5) is 40.5. The predicted octanol–water partition coefficient (Wildman–Crippen LogP) is 1.70. The molecule has 2 heterocycles. The molecule has 1 aromatic heterocycles. The van der Waals surface area contributed by atoms with E-state index in [2.05, 4.69) is 4.98 Å². The Morgan fingerprint density at radius 1 is 1.60 bits per heavy atom. The van der Waals surface area contributed by atoms with E-state index >= 15 is 0 Å². The molecule has 1 amide bonds. The van der Waals surface area contributed by atoms with Gasteiger partial charge in [-0.1, -0.05) is 23.1 Å². The number of thioether (sulfide) groups is 1. The zero-order valence-corrected chi connectivity index (χ0v) is 12.8. The molecule has 6 nitrogen and oxygen atoms in total. The molecular weight excluding hydrogens is 300 g/mol. The molecule has 1 aliphatic rings. The normalized spacial score (nSPS) is 18.4. The van der Waals surface area contributed by atoms with E-state index in [4.69, 9.17) is 4.74 Å².